The van der Waals surface area contributed by atoms with Crippen molar-refractivity contribution >= 4 is 17.5 Å². The third-order valence-electron chi connectivity index (χ3n) is 6.00. The Labute approximate surface area is 159 Å². The molecule has 6 heteroatoms. The molecule has 2 aromatic rings. The standard InChI is InChI=1S/C21H25N3O3/c1-14-5-7-15(8-6-14)22-20(25)27-16-9-10-18-17(13-16)21(2)11-12-24(4,26)19(21)23(18)3/h5-10,13,19H,11-12H2,1-4H3,(H,22,25)/t19-,21-,24?/m0/s1. The van der Waals surface area contributed by atoms with Gasteiger partial charge in [0.1, 0.15) is 5.75 Å². The molecule has 0 aromatic heterocycles. The highest BCUT2D eigenvalue weighted by Crippen LogP contribution is 2.54. The molecule has 1 amide bonds. The molecule has 4 rings (SSSR count). The largest absolute Gasteiger partial charge is 0.631 e. The Kier molecular flexibility index (Phi) is 3.94. The zero-order valence-electron chi connectivity index (χ0n) is 16.2. The van der Waals surface area contributed by atoms with Crippen LogP contribution in [0.4, 0.5) is 16.2 Å². The zero-order valence-corrected chi connectivity index (χ0v) is 16.2. The zero-order chi connectivity index (χ0) is 19.4. The molecule has 3 atom stereocenters. The van der Waals surface area contributed by atoms with Crippen LogP contribution in [0.15, 0.2) is 42.5 Å². The first-order chi connectivity index (χ1) is 12.7. The number of ether oxygens (including phenoxy) is 1. The van der Waals surface area contributed by atoms with Crippen molar-refractivity contribution in [3.8, 4) is 5.75 Å². The molecule has 1 unspecified atom stereocenters. The summed E-state index contributed by atoms with van der Waals surface area (Å²) < 4.78 is 5.23. The summed E-state index contributed by atoms with van der Waals surface area (Å²) in [6, 6.07) is 13.2. The number of nitrogens with zero attached hydrogens (tertiary/aromatic N) is 2. The van der Waals surface area contributed by atoms with Gasteiger partial charge < -0.3 is 19.5 Å². The lowest BCUT2D eigenvalue weighted by Gasteiger charge is -2.44. The second-order valence-electron chi connectivity index (χ2n) is 8.11. The summed E-state index contributed by atoms with van der Waals surface area (Å²) in [5, 5.41) is 15.6. The van der Waals surface area contributed by atoms with Gasteiger partial charge in [-0.05, 0) is 49.7 Å². The summed E-state index contributed by atoms with van der Waals surface area (Å²) in [5.74, 6) is 0.487. The lowest BCUT2D eigenvalue weighted by molar-refractivity contribution is -0.874. The number of carbonyl (C=O) groups is 1. The number of aryl methyl sites for hydroxylation is 1. The monoisotopic (exact) mass is 367 g/mol. The van der Waals surface area contributed by atoms with Crippen LogP contribution >= 0.6 is 0 Å². The van der Waals surface area contributed by atoms with Gasteiger partial charge >= 0.3 is 6.09 Å². The van der Waals surface area contributed by atoms with Gasteiger partial charge in [0.05, 0.1) is 19.0 Å². The Morgan fingerprint density at radius 1 is 1.30 bits per heavy atom. The molecule has 1 fully saturated rings. The first-order valence-electron chi connectivity index (χ1n) is 9.20. The molecule has 27 heavy (non-hydrogen) atoms. The highest BCUT2D eigenvalue weighted by atomic mass is 16.6. The van der Waals surface area contributed by atoms with Gasteiger partial charge in [0.15, 0.2) is 6.17 Å². The van der Waals surface area contributed by atoms with E-state index in [2.05, 4.69) is 17.1 Å². The molecular weight excluding hydrogens is 342 g/mol. The van der Waals surface area contributed by atoms with Crippen LogP contribution in [0.5, 0.6) is 5.75 Å². The van der Waals surface area contributed by atoms with Crippen molar-refractivity contribution in [3.63, 3.8) is 0 Å². The smallest absolute Gasteiger partial charge is 0.417 e. The molecular formula is C21H25N3O3. The number of hydroxylamine groups is 3. The van der Waals surface area contributed by atoms with Crippen molar-refractivity contribution in [2.45, 2.75) is 31.8 Å². The number of anilines is 2. The van der Waals surface area contributed by atoms with Crippen LogP contribution in [0.25, 0.3) is 0 Å². The predicted molar refractivity (Wildman–Crippen MR) is 106 cm³/mol. The first-order valence-corrected chi connectivity index (χ1v) is 9.20. The molecule has 142 valence electrons. The predicted octanol–water partition coefficient (Wildman–Crippen LogP) is 3.99. The summed E-state index contributed by atoms with van der Waals surface area (Å²) in [6.45, 7) is 4.72. The van der Waals surface area contributed by atoms with Crippen molar-refractivity contribution in [1.29, 1.82) is 0 Å². The van der Waals surface area contributed by atoms with Gasteiger partial charge in [-0.3, -0.25) is 5.32 Å². The first kappa shape index (κ1) is 17.8. The van der Waals surface area contributed by atoms with E-state index in [9.17, 15) is 10.0 Å². The quantitative estimate of drug-likeness (QED) is 0.644. The summed E-state index contributed by atoms with van der Waals surface area (Å²) in [4.78, 5) is 14.3. The SMILES string of the molecule is Cc1ccc(NC(=O)Oc2ccc3c(c2)[C@]2(C)CC[N+](C)([O-])[C@@H]2N3C)cc1. The maximum atomic E-state index is 12.9. The van der Waals surface area contributed by atoms with Crippen LogP contribution in [-0.2, 0) is 5.41 Å². The van der Waals surface area contributed by atoms with E-state index in [1.54, 1.807) is 13.1 Å². The maximum absolute atomic E-state index is 12.9. The highest BCUT2D eigenvalue weighted by molar-refractivity contribution is 5.86. The number of nitrogens with one attached hydrogen (secondary N) is 1. The Balaban J connectivity index is 1.56. The van der Waals surface area contributed by atoms with Gasteiger partial charge in [-0.2, -0.15) is 0 Å². The number of fused-ring (bicyclic) bond motifs is 3. The van der Waals surface area contributed by atoms with E-state index in [1.807, 2.05) is 50.4 Å². The van der Waals surface area contributed by atoms with E-state index in [-0.39, 0.29) is 16.2 Å². The van der Waals surface area contributed by atoms with Gasteiger partial charge in [0, 0.05) is 24.8 Å². The van der Waals surface area contributed by atoms with Gasteiger partial charge in [-0.15, -0.1) is 0 Å². The molecule has 0 aliphatic carbocycles. The average molecular weight is 367 g/mol. The Morgan fingerprint density at radius 3 is 2.70 bits per heavy atom. The molecule has 2 aliphatic heterocycles. The van der Waals surface area contributed by atoms with E-state index in [0.717, 1.165) is 23.2 Å². The maximum Gasteiger partial charge on any atom is 0.417 e. The summed E-state index contributed by atoms with van der Waals surface area (Å²) in [6.07, 6.45) is 0.139. The van der Waals surface area contributed by atoms with Crippen molar-refractivity contribution in [2.75, 3.05) is 30.9 Å². The fourth-order valence-electron chi connectivity index (χ4n) is 4.74. The average Bonchev–Trinajstić information content (AvgIpc) is 2.99. The summed E-state index contributed by atoms with van der Waals surface area (Å²) in [7, 11) is 3.71. The molecule has 0 saturated carbocycles. The van der Waals surface area contributed by atoms with E-state index in [4.69, 9.17) is 4.74 Å². The number of likely N-dealkylation sites (N-methyl/N-ethyl adjacent to an activating group) is 2. The van der Waals surface area contributed by atoms with Gasteiger partial charge in [-0.1, -0.05) is 17.7 Å². The van der Waals surface area contributed by atoms with Crippen molar-refractivity contribution in [2.24, 2.45) is 0 Å². The Hall–Kier alpha value is -2.57. The van der Waals surface area contributed by atoms with E-state index in [0.29, 0.717) is 18.0 Å². The molecule has 2 aliphatic rings. The minimum Gasteiger partial charge on any atom is -0.631 e. The van der Waals surface area contributed by atoms with Gasteiger partial charge in [0.2, 0.25) is 0 Å². The van der Waals surface area contributed by atoms with E-state index < -0.39 is 6.09 Å². The van der Waals surface area contributed by atoms with Crippen LogP contribution in [0.3, 0.4) is 0 Å². The summed E-state index contributed by atoms with van der Waals surface area (Å²) >= 11 is 0. The number of quaternary nitrogens is 1. The van der Waals surface area contributed by atoms with Gasteiger partial charge in [0.25, 0.3) is 0 Å². The van der Waals surface area contributed by atoms with Crippen molar-refractivity contribution < 1.29 is 14.2 Å². The van der Waals surface area contributed by atoms with Crippen LogP contribution in [0.2, 0.25) is 0 Å². The number of hydrogen-bond donors (Lipinski definition) is 1. The molecule has 0 bridgehead atoms. The minimum absolute atomic E-state index is 0.149. The molecule has 2 heterocycles. The molecule has 6 nitrogen and oxygen atoms in total. The van der Waals surface area contributed by atoms with Crippen LogP contribution in [0, 0.1) is 12.1 Å². The third-order valence-corrected chi connectivity index (χ3v) is 6.00. The number of likely N-dealkylation sites (tertiary alicyclic amines) is 1. The normalized spacial score (nSPS) is 28.6. The third kappa shape index (κ3) is 2.85. The van der Waals surface area contributed by atoms with E-state index in [1.165, 1.54) is 0 Å². The van der Waals surface area contributed by atoms with Crippen molar-refractivity contribution in [1.82, 2.24) is 0 Å². The minimum atomic E-state index is -0.525. The molecule has 1 N–H and O–H groups in total. The second-order valence-corrected chi connectivity index (χ2v) is 8.11. The fraction of sp³-hybridized carbons (Fsp3) is 0.381. The second kappa shape index (κ2) is 5.97. The molecule has 0 radical (unpaired) electrons. The van der Waals surface area contributed by atoms with Crippen LogP contribution in [0.1, 0.15) is 24.5 Å². The Morgan fingerprint density at radius 2 is 2.00 bits per heavy atom. The van der Waals surface area contributed by atoms with Crippen molar-refractivity contribution in [3.05, 3.63) is 58.8 Å². The molecule has 2 aromatic carbocycles. The highest BCUT2D eigenvalue weighted by Gasteiger charge is 2.58. The fourth-order valence-corrected chi connectivity index (χ4v) is 4.74. The molecule has 1 saturated heterocycles. The number of rotatable bonds is 2. The lowest BCUT2D eigenvalue weighted by Crippen LogP contribution is -2.54. The van der Waals surface area contributed by atoms with Crippen LogP contribution < -0.4 is 15.0 Å². The van der Waals surface area contributed by atoms with E-state index >= 15 is 0 Å². The Bertz CT molecular complexity index is 894. The van der Waals surface area contributed by atoms with Gasteiger partial charge in [-0.25, -0.2) is 4.79 Å². The number of benzene rings is 2. The number of amides is 1. The number of carbonyl (C=O) groups excluding carboxylic acids is 1. The summed E-state index contributed by atoms with van der Waals surface area (Å²) in [5.41, 5.74) is 3.68. The van der Waals surface area contributed by atoms with Crippen LogP contribution in [-0.4, -0.2) is 37.5 Å². The topological polar surface area (TPSA) is 64.6 Å². The number of hydrogen-bond acceptors (Lipinski definition) is 4. The molecule has 0 spiro atoms. The lowest BCUT2D eigenvalue weighted by atomic mass is 9.81.